The number of aryl methyl sites for hydroxylation is 1. The number of hydrogen-bond donors (Lipinski definition) is 0. The molecule has 0 N–H and O–H groups in total. The number of benzene rings is 1. The molecule has 1 atom stereocenters. The number of amides is 1. The second-order valence-corrected chi connectivity index (χ2v) is 5.30. The Labute approximate surface area is 116 Å². The molecule has 1 fully saturated rings. The first-order valence-corrected chi connectivity index (χ1v) is 6.85. The Morgan fingerprint density at radius 2 is 2.05 bits per heavy atom. The average Bonchev–Trinajstić information content (AvgIpc) is 2.44. The molecule has 1 heterocycles. The number of piperidine rings is 1. The quantitative estimate of drug-likeness (QED) is 0.775. The van der Waals surface area contributed by atoms with Gasteiger partial charge < -0.3 is 4.90 Å². The molecule has 20 heavy (non-hydrogen) atoms. The van der Waals surface area contributed by atoms with Crippen LogP contribution in [0.4, 0.5) is 13.2 Å². The van der Waals surface area contributed by atoms with Gasteiger partial charge in [-0.1, -0.05) is 18.2 Å². The normalized spacial score (nSPS) is 19.9. The number of likely N-dealkylation sites (tertiary alicyclic amines) is 1. The number of hydrogen-bond acceptors (Lipinski definition) is 1. The number of alkyl halides is 3. The molecule has 5 heteroatoms. The zero-order valence-electron chi connectivity index (χ0n) is 11.2. The molecule has 0 bridgehead atoms. The van der Waals surface area contributed by atoms with Gasteiger partial charge in [-0.2, -0.15) is 13.2 Å². The molecule has 1 aromatic carbocycles. The molecule has 110 valence electrons. The van der Waals surface area contributed by atoms with Gasteiger partial charge in [-0.3, -0.25) is 4.79 Å². The summed E-state index contributed by atoms with van der Waals surface area (Å²) in [6.45, 7) is 1.43. The van der Waals surface area contributed by atoms with Gasteiger partial charge in [0.25, 0.3) is 0 Å². The second-order valence-electron chi connectivity index (χ2n) is 5.30. The van der Waals surface area contributed by atoms with Gasteiger partial charge in [0.15, 0.2) is 0 Å². The molecule has 1 aromatic rings. The Morgan fingerprint density at radius 3 is 2.75 bits per heavy atom. The molecule has 1 aliphatic rings. The highest BCUT2D eigenvalue weighted by molar-refractivity contribution is 5.47. The van der Waals surface area contributed by atoms with Crippen LogP contribution in [0.5, 0.6) is 0 Å². The van der Waals surface area contributed by atoms with Crippen LogP contribution in [-0.4, -0.2) is 24.4 Å². The van der Waals surface area contributed by atoms with Crippen LogP contribution in [0.25, 0.3) is 0 Å². The number of nitrogens with zero attached hydrogens (tertiary/aromatic N) is 1. The molecule has 1 saturated heterocycles. The van der Waals surface area contributed by atoms with Gasteiger partial charge in [0.2, 0.25) is 6.41 Å². The molecule has 0 saturated carbocycles. The average molecular weight is 285 g/mol. The monoisotopic (exact) mass is 285 g/mol. The third-order valence-corrected chi connectivity index (χ3v) is 3.84. The van der Waals surface area contributed by atoms with Crippen LogP contribution in [0.15, 0.2) is 24.3 Å². The van der Waals surface area contributed by atoms with Crippen LogP contribution in [0.1, 0.15) is 30.4 Å². The minimum atomic E-state index is -4.29. The van der Waals surface area contributed by atoms with Gasteiger partial charge in [0, 0.05) is 13.1 Å². The maximum absolute atomic E-state index is 12.9. The predicted octanol–water partition coefficient (Wildman–Crippen LogP) is 3.51. The van der Waals surface area contributed by atoms with E-state index in [-0.39, 0.29) is 0 Å². The minimum Gasteiger partial charge on any atom is -0.345 e. The maximum atomic E-state index is 12.9. The van der Waals surface area contributed by atoms with Crippen LogP contribution in [0.3, 0.4) is 0 Å². The van der Waals surface area contributed by atoms with E-state index in [1.54, 1.807) is 17.0 Å². The summed E-state index contributed by atoms with van der Waals surface area (Å²) in [4.78, 5) is 12.5. The van der Waals surface area contributed by atoms with Crippen molar-refractivity contribution in [3.8, 4) is 0 Å². The highest BCUT2D eigenvalue weighted by atomic mass is 19.4. The summed E-state index contributed by atoms with van der Waals surface area (Å²) in [7, 11) is 0. The van der Waals surface area contributed by atoms with Gasteiger partial charge in [-0.15, -0.1) is 0 Å². The smallest absolute Gasteiger partial charge is 0.345 e. The zero-order valence-corrected chi connectivity index (χ0v) is 11.2. The van der Waals surface area contributed by atoms with Gasteiger partial charge in [0.1, 0.15) is 0 Å². The van der Waals surface area contributed by atoms with Crippen LogP contribution in [-0.2, 0) is 17.4 Å². The van der Waals surface area contributed by atoms with Gasteiger partial charge in [-0.05, 0) is 43.2 Å². The van der Waals surface area contributed by atoms with Crippen molar-refractivity contribution in [2.75, 3.05) is 13.1 Å². The zero-order chi connectivity index (χ0) is 14.6. The van der Waals surface area contributed by atoms with Crippen molar-refractivity contribution in [3.05, 3.63) is 35.4 Å². The summed E-state index contributed by atoms with van der Waals surface area (Å²) < 4.78 is 38.6. The van der Waals surface area contributed by atoms with Crippen LogP contribution in [0, 0.1) is 5.92 Å². The topological polar surface area (TPSA) is 20.3 Å². The number of carbonyl (C=O) groups excluding carboxylic acids is 1. The third-order valence-electron chi connectivity index (χ3n) is 3.84. The van der Waals surface area contributed by atoms with E-state index in [1.165, 1.54) is 6.07 Å². The molecule has 0 aliphatic carbocycles. The summed E-state index contributed by atoms with van der Waals surface area (Å²) in [6, 6.07) is 5.74. The van der Waals surface area contributed by atoms with Crippen LogP contribution >= 0.6 is 0 Å². The van der Waals surface area contributed by atoms with Crippen molar-refractivity contribution in [3.63, 3.8) is 0 Å². The van der Waals surface area contributed by atoms with E-state index in [4.69, 9.17) is 0 Å². The molecule has 0 radical (unpaired) electrons. The van der Waals surface area contributed by atoms with E-state index in [0.29, 0.717) is 30.9 Å². The fourth-order valence-electron chi connectivity index (χ4n) is 2.80. The van der Waals surface area contributed by atoms with Crippen molar-refractivity contribution in [2.45, 2.75) is 31.9 Å². The lowest BCUT2D eigenvalue weighted by molar-refractivity contribution is -0.138. The predicted molar refractivity (Wildman–Crippen MR) is 70.1 cm³/mol. The number of carbonyl (C=O) groups is 1. The van der Waals surface area contributed by atoms with Crippen molar-refractivity contribution < 1.29 is 18.0 Å². The van der Waals surface area contributed by atoms with Crippen molar-refractivity contribution in [2.24, 2.45) is 5.92 Å². The molecular formula is C15H18F3NO. The standard InChI is InChI=1S/C15H18F3NO/c16-15(17,18)14-6-2-1-5-13(14)8-7-12-4-3-9-19(10-12)11-20/h1-2,5-6,11-12H,3-4,7-10H2. The van der Waals surface area contributed by atoms with Crippen molar-refractivity contribution >= 4 is 6.41 Å². The van der Waals surface area contributed by atoms with E-state index in [1.807, 2.05) is 0 Å². The molecule has 0 aromatic heterocycles. The van der Waals surface area contributed by atoms with E-state index in [2.05, 4.69) is 0 Å². The van der Waals surface area contributed by atoms with Gasteiger partial charge in [-0.25, -0.2) is 0 Å². The first kappa shape index (κ1) is 14.9. The molecular weight excluding hydrogens is 267 g/mol. The largest absolute Gasteiger partial charge is 0.416 e. The summed E-state index contributed by atoms with van der Waals surface area (Å²) in [5, 5.41) is 0. The van der Waals surface area contributed by atoms with Crippen molar-refractivity contribution in [1.82, 2.24) is 4.90 Å². The Bertz CT molecular complexity index is 459. The van der Waals surface area contributed by atoms with Crippen LogP contribution < -0.4 is 0 Å². The van der Waals surface area contributed by atoms with E-state index < -0.39 is 11.7 Å². The Hall–Kier alpha value is -1.52. The lowest BCUT2D eigenvalue weighted by Gasteiger charge is -2.30. The molecule has 1 aliphatic heterocycles. The summed E-state index contributed by atoms with van der Waals surface area (Å²) in [5.74, 6) is 0.301. The van der Waals surface area contributed by atoms with E-state index >= 15 is 0 Å². The first-order chi connectivity index (χ1) is 9.50. The molecule has 1 amide bonds. The number of halogens is 3. The second kappa shape index (κ2) is 6.29. The lowest BCUT2D eigenvalue weighted by atomic mass is 9.90. The minimum absolute atomic E-state index is 0.301. The third kappa shape index (κ3) is 3.74. The Balaban J connectivity index is 1.99. The van der Waals surface area contributed by atoms with Gasteiger partial charge >= 0.3 is 6.18 Å². The molecule has 2 nitrogen and oxygen atoms in total. The summed E-state index contributed by atoms with van der Waals surface area (Å²) >= 11 is 0. The molecule has 2 rings (SSSR count). The highest BCUT2D eigenvalue weighted by Gasteiger charge is 2.32. The fraction of sp³-hybridized carbons (Fsp3) is 0.533. The first-order valence-electron chi connectivity index (χ1n) is 6.85. The Kier molecular flexibility index (Phi) is 4.68. The fourth-order valence-corrected chi connectivity index (χ4v) is 2.80. The van der Waals surface area contributed by atoms with E-state index in [0.717, 1.165) is 31.9 Å². The van der Waals surface area contributed by atoms with Crippen molar-refractivity contribution in [1.29, 1.82) is 0 Å². The highest BCUT2D eigenvalue weighted by Crippen LogP contribution is 2.33. The SMILES string of the molecule is O=CN1CCCC(CCc2ccccc2C(F)(F)F)C1. The van der Waals surface area contributed by atoms with Gasteiger partial charge in [0.05, 0.1) is 5.56 Å². The lowest BCUT2D eigenvalue weighted by Crippen LogP contribution is -2.34. The maximum Gasteiger partial charge on any atom is 0.416 e. The Morgan fingerprint density at radius 1 is 1.30 bits per heavy atom. The number of rotatable bonds is 4. The van der Waals surface area contributed by atoms with E-state index in [9.17, 15) is 18.0 Å². The molecule has 0 spiro atoms. The molecule has 1 unspecified atom stereocenters. The summed E-state index contributed by atoms with van der Waals surface area (Å²) in [6.07, 6.45) is -0.443. The summed E-state index contributed by atoms with van der Waals surface area (Å²) in [5.41, 5.74) is -0.189. The van der Waals surface area contributed by atoms with Crippen LogP contribution in [0.2, 0.25) is 0 Å².